The normalized spacial score (nSPS) is 8.82. The number of nitrogens with zero attached hydrogens (tertiary/aromatic N) is 1. The van der Waals surface area contributed by atoms with Crippen molar-refractivity contribution in [3.05, 3.63) is 11.6 Å². The molecule has 11 heavy (non-hydrogen) atoms. The Bertz CT molecular complexity index is 224. The van der Waals surface area contributed by atoms with Crippen LogP contribution in [0.15, 0.2) is 11.6 Å². The number of ether oxygens (including phenoxy) is 1. The molecule has 0 fully saturated rings. The standard InChI is InChI=1S/C5H7N3O2S/c1-10-5(9)8-7-4-6-2-3-11-4/h2-3H,1H3,(H,6,7)(H,8,9). The first-order chi connectivity index (χ1) is 5.33. The van der Waals surface area contributed by atoms with Crippen molar-refractivity contribution in [3.8, 4) is 0 Å². The largest absolute Gasteiger partial charge is 0.452 e. The van der Waals surface area contributed by atoms with Crippen LogP contribution in [0.1, 0.15) is 0 Å². The van der Waals surface area contributed by atoms with E-state index in [1.54, 1.807) is 11.6 Å². The fourth-order valence-corrected chi connectivity index (χ4v) is 0.923. The predicted molar refractivity (Wildman–Crippen MR) is 41.3 cm³/mol. The number of anilines is 1. The summed E-state index contributed by atoms with van der Waals surface area (Å²) in [5.74, 6) is 0. The van der Waals surface area contributed by atoms with Gasteiger partial charge in [-0.2, -0.15) is 0 Å². The number of amides is 1. The number of hydrazine groups is 1. The number of thiazole rings is 1. The highest BCUT2D eigenvalue weighted by molar-refractivity contribution is 7.13. The van der Waals surface area contributed by atoms with E-state index in [1.165, 1.54) is 18.4 Å². The number of methoxy groups -OCH3 is 1. The lowest BCUT2D eigenvalue weighted by Crippen LogP contribution is -2.28. The third-order valence-electron chi connectivity index (χ3n) is 0.889. The minimum Gasteiger partial charge on any atom is -0.452 e. The Morgan fingerprint density at radius 1 is 1.82 bits per heavy atom. The van der Waals surface area contributed by atoms with E-state index in [1.807, 2.05) is 0 Å². The van der Waals surface area contributed by atoms with Gasteiger partial charge in [0.05, 0.1) is 7.11 Å². The molecule has 0 unspecified atom stereocenters. The Balaban J connectivity index is 2.29. The smallest absolute Gasteiger partial charge is 0.425 e. The molecule has 0 aromatic carbocycles. The lowest BCUT2D eigenvalue weighted by Gasteiger charge is -2.01. The molecule has 0 spiro atoms. The molecular weight excluding hydrogens is 166 g/mol. The summed E-state index contributed by atoms with van der Waals surface area (Å²) in [4.78, 5) is 14.3. The Morgan fingerprint density at radius 3 is 3.18 bits per heavy atom. The lowest BCUT2D eigenvalue weighted by molar-refractivity contribution is 0.173. The van der Waals surface area contributed by atoms with E-state index in [2.05, 4.69) is 20.6 Å². The third kappa shape index (κ3) is 2.42. The maximum atomic E-state index is 10.5. The van der Waals surface area contributed by atoms with Crippen LogP contribution >= 0.6 is 11.3 Å². The van der Waals surface area contributed by atoms with Crippen molar-refractivity contribution in [2.75, 3.05) is 12.5 Å². The van der Waals surface area contributed by atoms with Crippen LogP contribution in [0.3, 0.4) is 0 Å². The fourth-order valence-electron chi connectivity index (χ4n) is 0.441. The fraction of sp³-hybridized carbons (Fsp3) is 0.200. The van der Waals surface area contributed by atoms with Gasteiger partial charge in [-0.05, 0) is 0 Å². The van der Waals surface area contributed by atoms with Gasteiger partial charge in [-0.3, -0.25) is 5.43 Å². The molecule has 1 aromatic heterocycles. The van der Waals surface area contributed by atoms with Gasteiger partial charge in [-0.15, -0.1) is 11.3 Å². The van der Waals surface area contributed by atoms with Crippen LogP contribution in [0.25, 0.3) is 0 Å². The summed E-state index contributed by atoms with van der Waals surface area (Å²) < 4.78 is 4.31. The second kappa shape index (κ2) is 3.77. The van der Waals surface area contributed by atoms with Crippen LogP contribution in [-0.2, 0) is 4.74 Å². The van der Waals surface area contributed by atoms with Gasteiger partial charge in [0.15, 0.2) is 0 Å². The van der Waals surface area contributed by atoms with Crippen molar-refractivity contribution in [1.29, 1.82) is 0 Å². The quantitative estimate of drug-likeness (QED) is 0.650. The Hall–Kier alpha value is -1.30. The highest BCUT2D eigenvalue weighted by atomic mass is 32.1. The molecule has 1 aromatic rings. The summed E-state index contributed by atoms with van der Waals surface area (Å²) >= 11 is 1.38. The van der Waals surface area contributed by atoms with Crippen LogP contribution in [-0.4, -0.2) is 18.2 Å². The van der Waals surface area contributed by atoms with E-state index in [4.69, 9.17) is 0 Å². The molecule has 0 radical (unpaired) electrons. The number of rotatable bonds is 2. The molecule has 0 saturated carbocycles. The maximum absolute atomic E-state index is 10.5. The van der Waals surface area contributed by atoms with E-state index in [0.29, 0.717) is 5.13 Å². The van der Waals surface area contributed by atoms with Gasteiger partial charge in [0.1, 0.15) is 0 Å². The van der Waals surface area contributed by atoms with Crippen LogP contribution in [0.5, 0.6) is 0 Å². The molecule has 60 valence electrons. The van der Waals surface area contributed by atoms with E-state index >= 15 is 0 Å². The summed E-state index contributed by atoms with van der Waals surface area (Å²) in [6, 6.07) is 0. The predicted octanol–water partition coefficient (Wildman–Crippen LogP) is 0.826. The molecular formula is C5H7N3O2S. The minimum atomic E-state index is -0.541. The molecule has 2 N–H and O–H groups in total. The summed E-state index contributed by atoms with van der Waals surface area (Å²) in [5, 5.41) is 2.41. The zero-order chi connectivity index (χ0) is 8.10. The number of carbonyl (C=O) groups is 1. The van der Waals surface area contributed by atoms with Crippen molar-refractivity contribution in [1.82, 2.24) is 10.4 Å². The summed E-state index contributed by atoms with van der Waals surface area (Å²) in [5.41, 5.74) is 4.83. The van der Waals surface area contributed by atoms with E-state index in [9.17, 15) is 4.79 Å². The van der Waals surface area contributed by atoms with Crippen molar-refractivity contribution in [3.63, 3.8) is 0 Å². The first-order valence-corrected chi connectivity index (χ1v) is 3.70. The zero-order valence-corrected chi connectivity index (χ0v) is 6.64. The van der Waals surface area contributed by atoms with Crippen molar-refractivity contribution in [2.45, 2.75) is 0 Å². The molecule has 1 rings (SSSR count). The second-order valence-electron chi connectivity index (χ2n) is 1.58. The van der Waals surface area contributed by atoms with Crippen LogP contribution in [0.4, 0.5) is 9.93 Å². The monoisotopic (exact) mass is 173 g/mol. The third-order valence-corrected chi connectivity index (χ3v) is 1.58. The first-order valence-electron chi connectivity index (χ1n) is 2.82. The number of hydrogen-bond donors (Lipinski definition) is 2. The average molecular weight is 173 g/mol. The van der Waals surface area contributed by atoms with Crippen molar-refractivity contribution >= 4 is 22.6 Å². The van der Waals surface area contributed by atoms with Gasteiger partial charge in [-0.1, -0.05) is 0 Å². The molecule has 1 heterocycles. The van der Waals surface area contributed by atoms with Gasteiger partial charge in [0.25, 0.3) is 0 Å². The highest BCUT2D eigenvalue weighted by Gasteiger charge is 1.97. The summed E-state index contributed by atoms with van der Waals surface area (Å²) in [7, 11) is 1.29. The Morgan fingerprint density at radius 2 is 2.64 bits per heavy atom. The number of aromatic nitrogens is 1. The molecule has 0 aliphatic heterocycles. The molecule has 0 bridgehead atoms. The van der Waals surface area contributed by atoms with Gasteiger partial charge >= 0.3 is 6.09 Å². The highest BCUT2D eigenvalue weighted by Crippen LogP contribution is 2.07. The van der Waals surface area contributed by atoms with Gasteiger partial charge in [0, 0.05) is 11.6 Å². The molecule has 1 amide bonds. The van der Waals surface area contributed by atoms with Crippen LogP contribution in [0.2, 0.25) is 0 Å². The van der Waals surface area contributed by atoms with E-state index in [0.717, 1.165) is 0 Å². The van der Waals surface area contributed by atoms with Crippen LogP contribution < -0.4 is 10.9 Å². The first kappa shape index (κ1) is 7.80. The summed E-state index contributed by atoms with van der Waals surface area (Å²) in [6.07, 6.45) is 1.09. The second-order valence-corrected chi connectivity index (χ2v) is 2.47. The molecule has 0 aliphatic carbocycles. The van der Waals surface area contributed by atoms with Crippen LogP contribution in [0, 0.1) is 0 Å². The summed E-state index contributed by atoms with van der Waals surface area (Å²) in [6.45, 7) is 0. The van der Waals surface area contributed by atoms with Gasteiger partial charge in [0.2, 0.25) is 5.13 Å². The van der Waals surface area contributed by atoms with E-state index in [-0.39, 0.29) is 0 Å². The Labute approximate surface area is 67.4 Å². The lowest BCUT2D eigenvalue weighted by atomic mass is 11.0. The van der Waals surface area contributed by atoms with Crippen molar-refractivity contribution in [2.24, 2.45) is 0 Å². The number of nitrogens with one attached hydrogen (secondary N) is 2. The SMILES string of the molecule is COC(=O)NNc1nccs1. The molecule has 5 nitrogen and oxygen atoms in total. The molecule has 0 aliphatic rings. The Kier molecular flexibility index (Phi) is 2.67. The topological polar surface area (TPSA) is 63.2 Å². The zero-order valence-electron chi connectivity index (χ0n) is 5.83. The van der Waals surface area contributed by atoms with Crippen molar-refractivity contribution < 1.29 is 9.53 Å². The molecule has 0 saturated heterocycles. The number of carbonyl (C=O) groups excluding carboxylic acids is 1. The molecule has 6 heteroatoms. The molecule has 0 atom stereocenters. The van der Waals surface area contributed by atoms with Gasteiger partial charge in [-0.25, -0.2) is 15.2 Å². The van der Waals surface area contributed by atoms with Gasteiger partial charge < -0.3 is 4.74 Å². The maximum Gasteiger partial charge on any atom is 0.425 e. The average Bonchev–Trinajstić information content (AvgIpc) is 2.52. The minimum absolute atomic E-state index is 0.541. The van der Waals surface area contributed by atoms with E-state index < -0.39 is 6.09 Å². The number of hydrogen-bond acceptors (Lipinski definition) is 5.